The van der Waals surface area contributed by atoms with Gasteiger partial charge in [0.25, 0.3) is 0 Å². The Morgan fingerprint density at radius 3 is 2.73 bits per heavy atom. The van der Waals surface area contributed by atoms with Crippen LogP contribution in [-0.4, -0.2) is 5.78 Å². The van der Waals surface area contributed by atoms with Crippen LogP contribution in [0.3, 0.4) is 0 Å². The number of hydrogen-bond acceptors (Lipinski definition) is 2. The average Bonchev–Trinajstić information content (AvgIpc) is 2.69. The van der Waals surface area contributed by atoms with Crippen molar-refractivity contribution in [3.8, 4) is 0 Å². The molecule has 0 aliphatic heterocycles. The van der Waals surface area contributed by atoms with Gasteiger partial charge in [-0.3, -0.25) is 4.79 Å². The molecule has 0 unspecified atom stereocenters. The molecule has 4 heteroatoms. The van der Waals surface area contributed by atoms with Crippen LogP contribution in [0.1, 0.15) is 16.1 Å². The maximum Gasteiger partial charge on any atom is 0.229 e. The molecule has 2 rings (SSSR count). The Bertz CT molecular complexity index is 491. The van der Waals surface area contributed by atoms with Gasteiger partial charge in [-0.05, 0) is 52.9 Å². The van der Waals surface area contributed by atoms with Crippen molar-refractivity contribution in [2.75, 3.05) is 0 Å². The van der Waals surface area contributed by atoms with Gasteiger partial charge in [0.15, 0.2) is 5.76 Å². The number of carbonyl (C=O) groups is 1. The van der Waals surface area contributed by atoms with Crippen molar-refractivity contribution in [1.82, 2.24) is 0 Å². The summed E-state index contributed by atoms with van der Waals surface area (Å²) in [5.74, 6) is -0.320. The second-order valence-electron chi connectivity index (χ2n) is 2.93. The largest absolute Gasteiger partial charge is 0.461 e. The van der Waals surface area contributed by atoms with E-state index in [2.05, 4.69) is 0 Å². The molecule has 0 radical (unpaired) electrons. The third-order valence-corrected chi connectivity index (χ3v) is 2.81. The van der Waals surface area contributed by atoms with Crippen LogP contribution in [0, 0.1) is 9.39 Å². The molecule has 0 saturated heterocycles. The predicted molar refractivity (Wildman–Crippen MR) is 61.3 cm³/mol. The summed E-state index contributed by atoms with van der Waals surface area (Å²) in [5, 5.41) is 0. The smallest absolute Gasteiger partial charge is 0.229 e. The number of furan rings is 1. The zero-order chi connectivity index (χ0) is 10.8. The summed E-state index contributed by atoms with van der Waals surface area (Å²) in [6.45, 7) is 0. The van der Waals surface area contributed by atoms with Crippen LogP contribution in [0.5, 0.6) is 0 Å². The van der Waals surface area contributed by atoms with E-state index >= 15 is 0 Å². The lowest BCUT2D eigenvalue weighted by atomic mass is 10.1. The van der Waals surface area contributed by atoms with Gasteiger partial charge in [-0.2, -0.15) is 0 Å². The number of rotatable bonds is 2. The van der Waals surface area contributed by atoms with Crippen LogP contribution < -0.4 is 0 Å². The highest BCUT2D eigenvalue weighted by Gasteiger charge is 2.14. The average molecular weight is 316 g/mol. The minimum absolute atomic E-state index is 0.232. The first-order valence-electron chi connectivity index (χ1n) is 4.22. The van der Waals surface area contributed by atoms with Crippen molar-refractivity contribution >= 4 is 28.4 Å². The first kappa shape index (κ1) is 10.4. The molecule has 0 atom stereocenters. The highest BCUT2D eigenvalue weighted by Crippen LogP contribution is 2.18. The molecule has 0 amide bonds. The monoisotopic (exact) mass is 316 g/mol. The van der Waals surface area contributed by atoms with E-state index in [1.807, 2.05) is 22.6 Å². The lowest BCUT2D eigenvalue weighted by Crippen LogP contribution is -2.02. The summed E-state index contributed by atoms with van der Waals surface area (Å²) in [5.41, 5.74) is 0.451. The number of halogens is 2. The molecular weight excluding hydrogens is 310 g/mol. The maximum absolute atomic E-state index is 12.8. The summed E-state index contributed by atoms with van der Waals surface area (Å²) in [4.78, 5) is 11.8. The summed E-state index contributed by atoms with van der Waals surface area (Å²) < 4.78 is 18.4. The van der Waals surface area contributed by atoms with Crippen LogP contribution in [0.15, 0.2) is 41.0 Å². The quantitative estimate of drug-likeness (QED) is 0.629. The molecule has 0 fully saturated rings. The fourth-order valence-electron chi connectivity index (χ4n) is 1.21. The molecule has 1 heterocycles. The van der Waals surface area contributed by atoms with Crippen LogP contribution in [0.25, 0.3) is 0 Å². The Balaban J connectivity index is 2.42. The molecule has 0 aliphatic rings. The fraction of sp³-hybridized carbons (Fsp3) is 0. The maximum atomic E-state index is 12.8. The highest BCUT2D eigenvalue weighted by atomic mass is 127. The summed E-state index contributed by atoms with van der Waals surface area (Å²) in [6.07, 6.45) is 1.43. The molecule has 15 heavy (non-hydrogen) atoms. The molecule has 76 valence electrons. The Morgan fingerprint density at radius 2 is 2.13 bits per heavy atom. The van der Waals surface area contributed by atoms with E-state index in [1.165, 1.54) is 24.5 Å². The van der Waals surface area contributed by atoms with E-state index in [0.717, 1.165) is 0 Å². The van der Waals surface area contributed by atoms with Gasteiger partial charge in [-0.25, -0.2) is 4.39 Å². The van der Waals surface area contributed by atoms with Crippen LogP contribution >= 0.6 is 22.6 Å². The van der Waals surface area contributed by atoms with Gasteiger partial charge in [0.1, 0.15) is 5.82 Å². The van der Waals surface area contributed by atoms with E-state index in [9.17, 15) is 9.18 Å². The predicted octanol–water partition coefficient (Wildman–Crippen LogP) is 3.25. The van der Waals surface area contributed by atoms with Crippen molar-refractivity contribution in [3.63, 3.8) is 0 Å². The fourth-order valence-corrected chi connectivity index (χ4v) is 1.94. The Kier molecular flexibility index (Phi) is 2.86. The summed E-state index contributed by atoms with van der Waals surface area (Å²) >= 11 is 1.92. The Hall–Kier alpha value is -1.17. The molecule has 2 aromatic rings. The van der Waals surface area contributed by atoms with Crippen molar-refractivity contribution in [3.05, 3.63) is 57.3 Å². The molecule has 0 saturated carbocycles. The minimum atomic E-state index is -0.351. The molecule has 2 nitrogen and oxygen atoms in total. The lowest BCUT2D eigenvalue weighted by Gasteiger charge is -2.00. The van der Waals surface area contributed by atoms with Crippen molar-refractivity contribution in [1.29, 1.82) is 0 Å². The van der Waals surface area contributed by atoms with Gasteiger partial charge in [0.2, 0.25) is 5.78 Å². The highest BCUT2D eigenvalue weighted by molar-refractivity contribution is 14.1. The molecular formula is C11H6FIO2. The van der Waals surface area contributed by atoms with Gasteiger partial charge in [-0.1, -0.05) is 0 Å². The molecule has 1 aromatic carbocycles. The first-order valence-corrected chi connectivity index (χ1v) is 5.29. The van der Waals surface area contributed by atoms with Crippen molar-refractivity contribution in [2.24, 2.45) is 0 Å². The van der Waals surface area contributed by atoms with Gasteiger partial charge in [-0.15, -0.1) is 0 Å². The zero-order valence-corrected chi connectivity index (χ0v) is 9.69. The molecule has 0 N–H and O–H groups in total. The van der Waals surface area contributed by atoms with Gasteiger partial charge in [0.05, 0.1) is 6.26 Å². The van der Waals surface area contributed by atoms with E-state index in [-0.39, 0.29) is 17.4 Å². The standard InChI is InChI=1S/C11H6FIO2/c12-7-3-4-8(9(13)6-7)11(14)10-2-1-5-15-10/h1-6H. The van der Waals surface area contributed by atoms with E-state index in [0.29, 0.717) is 9.13 Å². The number of carbonyl (C=O) groups excluding carboxylic acids is 1. The minimum Gasteiger partial charge on any atom is -0.461 e. The van der Waals surface area contributed by atoms with Gasteiger partial charge < -0.3 is 4.42 Å². The van der Waals surface area contributed by atoms with Gasteiger partial charge in [0, 0.05) is 9.13 Å². The third-order valence-electron chi connectivity index (χ3n) is 1.92. The SMILES string of the molecule is O=C(c1ccco1)c1ccc(F)cc1I. The summed E-state index contributed by atoms with van der Waals surface area (Å²) in [7, 11) is 0. The van der Waals surface area contributed by atoms with Crippen LogP contribution in [0.2, 0.25) is 0 Å². The Morgan fingerprint density at radius 1 is 1.33 bits per heavy atom. The Labute approximate surface area is 99.2 Å². The van der Waals surface area contributed by atoms with Crippen LogP contribution in [0.4, 0.5) is 4.39 Å². The molecule has 0 spiro atoms. The zero-order valence-electron chi connectivity index (χ0n) is 7.54. The van der Waals surface area contributed by atoms with Crippen LogP contribution in [-0.2, 0) is 0 Å². The number of benzene rings is 1. The van der Waals surface area contributed by atoms with E-state index < -0.39 is 0 Å². The van der Waals surface area contributed by atoms with Gasteiger partial charge >= 0.3 is 0 Å². The second kappa shape index (κ2) is 4.14. The third kappa shape index (κ3) is 2.09. The molecule has 0 aliphatic carbocycles. The first-order chi connectivity index (χ1) is 7.18. The summed E-state index contributed by atoms with van der Waals surface area (Å²) in [6, 6.07) is 7.27. The van der Waals surface area contributed by atoms with E-state index in [4.69, 9.17) is 4.42 Å². The number of ketones is 1. The number of hydrogen-bond donors (Lipinski definition) is 0. The molecule has 0 bridgehead atoms. The normalized spacial score (nSPS) is 10.3. The topological polar surface area (TPSA) is 30.2 Å². The molecule has 1 aromatic heterocycles. The second-order valence-corrected chi connectivity index (χ2v) is 4.09. The van der Waals surface area contributed by atoms with E-state index in [1.54, 1.807) is 12.1 Å². The van der Waals surface area contributed by atoms with Crippen molar-refractivity contribution in [2.45, 2.75) is 0 Å². The lowest BCUT2D eigenvalue weighted by molar-refractivity contribution is 0.101. The van der Waals surface area contributed by atoms with Crippen molar-refractivity contribution < 1.29 is 13.6 Å².